The van der Waals surface area contributed by atoms with Crippen LogP contribution in [0.15, 0.2) is 11.3 Å². The van der Waals surface area contributed by atoms with Gasteiger partial charge >= 0.3 is 0 Å². The molecule has 2 aromatic rings. The monoisotopic (exact) mass is 312 g/mol. The number of hydrogen-bond donors (Lipinski definition) is 1. The number of hydrazone groups is 1. The van der Waals surface area contributed by atoms with Crippen molar-refractivity contribution in [2.45, 2.75) is 20.4 Å². The number of halogens is 2. The van der Waals surface area contributed by atoms with Gasteiger partial charge in [0.2, 0.25) is 5.95 Å². The van der Waals surface area contributed by atoms with Crippen molar-refractivity contribution in [2.24, 2.45) is 12.1 Å². The predicted octanol–water partition coefficient (Wildman–Crippen LogP) is 1.50. The number of nitrogens with one attached hydrogen (secondary N) is 1. The van der Waals surface area contributed by atoms with Gasteiger partial charge in [0.05, 0.1) is 28.7 Å². The number of nitrogens with zero attached hydrogens (tertiary/aromatic N) is 5. The Kier molecular flexibility index (Phi) is 4.37. The first-order chi connectivity index (χ1) is 9.95. The van der Waals surface area contributed by atoms with E-state index in [1.165, 1.54) is 21.8 Å². The minimum atomic E-state index is -0.525. The van der Waals surface area contributed by atoms with Crippen LogP contribution in [0.2, 0.25) is 5.02 Å². The van der Waals surface area contributed by atoms with E-state index < -0.39 is 11.9 Å². The summed E-state index contributed by atoms with van der Waals surface area (Å²) in [4.78, 5) is 12.0. The van der Waals surface area contributed by atoms with Gasteiger partial charge in [-0.25, -0.2) is 10.1 Å². The summed E-state index contributed by atoms with van der Waals surface area (Å²) in [6, 6.07) is 0. The Hall–Kier alpha value is -2.22. The van der Waals surface area contributed by atoms with Crippen LogP contribution in [0, 0.1) is 12.9 Å². The van der Waals surface area contributed by atoms with E-state index in [2.05, 4.69) is 20.7 Å². The molecular formula is C12H14ClFN6O. The average Bonchev–Trinajstić information content (AvgIpc) is 2.91. The lowest BCUT2D eigenvalue weighted by Crippen LogP contribution is -2.21. The average molecular weight is 313 g/mol. The van der Waals surface area contributed by atoms with Crippen LogP contribution in [0.5, 0.6) is 0 Å². The third-order valence-electron chi connectivity index (χ3n) is 2.83. The summed E-state index contributed by atoms with van der Waals surface area (Å²) in [5.41, 5.74) is 3.20. The van der Waals surface area contributed by atoms with Crippen molar-refractivity contribution in [3.63, 3.8) is 0 Å². The Bertz CT molecular complexity index is 705. The highest BCUT2D eigenvalue weighted by Crippen LogP contribution is 2.18. The van der Waals surface area contributed by atoms with E-state index in [1.54, 1.807) is 20.9 Å². The van der Waals surface area contributed by atoms with Crippen LogP contribution < -0.4 is 5.43 Å². The molecule has 0 radical (unpaired) electrons. The largest absolute Gasteiger partial charge is 0.291 e. The molecule has 0 aliphatic carbocycles. The van der Waals surface area contributed by atoms with Gasteiger partial charge in [-0.05, 0) is 13.8 Å². The number of amides is 1. The van der Waals surface area contributed by atoms with E-state index in [-0.39, 0.29) is 16.3 Å². The Balaban J connectivity index is 2.10. The maximum atomic E-state index is 13.7. The predicted molar refractivity (Wildman–Crippen MR) is 75.9 cm³/mol. The van der Waals surface area contributed by atoms with Gasteiger partial charge in [-0.3, -0.25) is 9.48 Å². The number of hydrogen-bond acceptors (Lipinski definition) is 4. The Labute approximate surface area is 125 Å². The second-order valence-electron chi connectivity index (χ2n) is 4.28. The summed E-state index contributed by atoms with van der Waals surface area (Å²) >= 11 is 5.98. The highest BCUT2D eigenvalue weighted by molar-refractivity contribution is 6.34. The second kappa shape index (κ2) is 6.04. The molecular weight excluding hydrogens is 299 g/mol. The van der Waals surface area contributed by atoms with Gasteiger partial charge in [0.15, 0.2) is 0 Å². The van der Waals surface area contributed by atoms with Crippen LogP contribution in [0.25, 0.3) is 0 Å². The molecule has 0 aliphatic rings. The zero-order valence-corrected chi connectivity index (χ0v) is 12.5. The third-order valence-corrected chi connectivity index (χ3v) is 3.29. The number of carbonyl (C=O) groups is 1. The molecule has 0 saturated carbocycles. The summed E-state index contributed by atoms with van der Waals surface area (Å²) in [6.07, 6.45) is 2.51. The molecule has 0 saturated heterocycles. The van der Waals surface area contributed by atoms with E-state index in [9.17, 15) is 9.18 Å². The fourth-order valence-electron chi connectivity index (χ4n) is 1.78. The van der Waals surface area contributed by atoms with E-state index in [4.69, 9.17) is 11.6 Å². The molecule has 21 heavy (non-hydrogen) atoms. The molecule has 0 aromatic carbocycles. The SMILES string of the molecule is CCn1ncc(/C=N\NC(=O)c2c(Cl)c(C)nn2C)c1F. The lowest BCUT2D eigenvalue weighted by atomic mass is 10.3. The third kappa shape index (κ3) is 2.94. The molecule has 0 fully saturated rings. The lowest BCUT2D eigenvalue weighted by Gasteiger charge is -2.00. The summed E-state index contributed by atoms with van der Waals surface area (Å²) in [5, 5.41) is 11.8. The maximum Gasteiger partial charge on any atom is 0.291 e. The Morgan fingerprint density at radius 1 is 1.62 bits per heavy atom. The maximum absolute atomic E-state index is 13.7. The van der Waals surface area contributed by atoms with Gasteiger partial charge < -0.3 is 0 Å². The molecule has 1 N–H and O–H groups in total. The van der Waals surface area contributed by atoms with Crippen molar-refractivity contribution in [2.75, 3.05) is 0 Å². The zero-order valence-electron chi connectivity index (χ0n) is 11.8. The lowest BCUT2D eigenvalue weighted by molar-refractivity contribution is 0.0946. The number of rotatable bonds is 4. The molecule has 0 unspecified atom stereocenters. The molecule has 0 aliphatic heterocycles. The second-order valence-corrected chi connectivity index (χ2v) is 4.66. The highest BCUT2D eigenvalue weighted by Gasteiger charge is 2.18. The standard InChI is InChI=1S/C12H14ClFN6O/c1-4-20-11(14)8(6-16-20)5-15-17-12(21)10-9(13)7(2)18-19(10)3/h5-6H,4H2,1-3H3,(H,17,21)/b15-5-. The minimum Gasteiger partial charge on any atom is -0.266 e. The van der Waals surface area contributed by atoms with E-state index in [0.29, 0.717) is 12.2 Å². The summed E-state index contributed by atoms with van der Waals surface area (Å²) in [7, 11) is 1.60. The molecule has 0 bridgehead atoms. The molecule has 9 heteroatoms. The van der Waals surface area contributed by atoms with Crippen LogP contribution in [-0.2, 0) is 13.6 Å². The van der Waals surface area contributed by atoms with Crippen molar-refractivity contribution in [3.05, 3.63) is 34.1 Å². The molecule has 2 heterocycles. The molecule has 0 atom stereocenters. The van der Waals surface area contributed by atoms with Gasteiger partial charge in [0.1, 0.15) is 5.69 Å². The summed E-state index contributed by atoms with van der Waals surface area (Å²) in [5.74, 6) is -1.03. The smallest absolute Gasteiger partial charge is 0.266 e. The van der Waals surface area contributed by atoms with Crippen LogP contribution in [-0.4, -0.2) is 31.7 Å². The quantitative estimate of drug-likeness (QED) is 0.686. The zero-order chi connectivity index (χ0) is 15.6. The van der Waals surface area contributed by atoms with E-state index in [1.807, 2.05) is 0 Å². The fourth-order valence-corrected chi connectivity index (χ4v) is 2.03. The van der Waals surface area contributed by atoms with Gasteiger partial charge in [0, 0.05) is 13.6 Å². The van der Waals surface area contributed by atoms with Crippen LogP contribution in [0.1, 0.15) is 28.7 Å². The van der Waals surface area contributed by atoms with Gasteiger partial charge in [-0.1, -0.05) is 11.6 Å². The van der Waals surface area contributed by atoms with Crippen LogP contribution >= 0.6 is 11.6 Å². The fraction of sp³-hybridized carbons (Fsp3) is 0.333. The molecule has 112 valence electrons. The van der Waals surface area contributed by atoms with Crippen LogP contribution in [0.3, 0.4) is 0 Å². The Morgan fingerprint density at radius 3 is 2.86 bits per heavy atom. The number of carbonyl (C=O) groups excluding carboxylic acids is 1. The van der Waals surface area contributed by atoms with Crippen molar-refractivity contribution < 1.29 is 9.18 Å². The normalized spacial score (nSPS) is 11.3. The first kappa shape index (κ1) is 15.2. The van der Waals surface area contributed by atoms with Gasteiger partial charge in [0.25, 0.3) is 5.91 Å². The first-order valence-electron chi connectivity index (χ1n) is 6.19. The van der Waals surface area contributed by atoms with Crippen molar-refractivity contribution in [1.29, 1.82) is 0 Å². The summed E-state index contributed by atoms with van der Waals surface area (Å²) in [6.45, 7) is 3.87. The minimum absolute atomic E-state index is 0.185. The van der Waals surface area contributed by atoms with Gasteiger partial charge in [-0.2, -0.15) is 19.7 Å². The summed E-state index contributed by atoms with van der Waals surface area (Å²) < 4.78 is 16.2. The van der Waals surface area contributed by atoms with Crippen molar-refractivity contribution >= 4 is 23.7 Å². The number of aryl methyl sites for hydroxylation is 3. The van der Waals surface area contributed by atoms with E-state index in [0.717, 1.165) is 0 Å². The first-order valence-corrected chi connectivity index (χ1v) is 6.57. The number of aromatic nitrogens is 4. The van der Waals surface area contributed by atoms with Crippen molar-refractivity contribution in [3.8, 4) is 0 Å². The molecule has 1 amide bonds. The van der Waals surface area contributed by atoms with Crippen LogP contribution in [0.4, 0.5) is 4.39 Å². The Morgan fingerprint density at radius 2 is 2.33 bits per heavy atom. The molecule has 0 spiro atoms. The van der Waals surface area contributed by atoms with Crippen molar-refractivity contribution in [1.82, 2.24) is 25.0 Å². The van der Waals surface area contributed by atoms with Gasteiger partial charge in [-0.15, -0.1) is 0 Å². The van der Waals surface area contributed by atoms with E-state index >= 15 is 0 Å². The molecule has 7 nitrogen and oxygen atoms in total. The molecule has 2 aromatic heterocycles. The molecule has 2 rings (SSSR count). The highest BCUT2D eigenvalue weighted by atomic mass is 35.5. The topological polar surface area (TPSA) is 77.1 Å².